The van der Waals surface area contributed by atoms with Gasteiger partial charge in [0.05, 0.1) is 10.6 Å². The van der Waals surface area contributed by atoms with Crippen molar-refractivity contribution >= 4 is 52.1 Å². The third-order valence-corrected chi connectivity index (χ3v) is 5.00. The Kier molecular flexibility index (Phi) is 5.78. The van der Waals surface area contributed by atoms with Crippen molar-refractivity contribution in [1.29, 1.82) is 0 Å². The molecule has 1 N–H and O–H groups in total. The number of rotatable bonds is 2. The molecule has 0 aromatic heterocycles. The first-order chi connectivity index (χ1) is 12.0. The molecule has 0 atom stereocenters. The van der Waals surface area contributed by atoms with Crippen LogP contribution in [0.3, 0.4) is 0 Å². The van der Waals surface area contributed by atoms with E-state index in [1.807, 2.05) is 41.3 Å². The highest BCUT2D eigenvalue weighted by Crippen LogP contribution is 2.19. The molecule has 1 fully saturated rings. The zero-order valence-corrected chi connectivity index (χ0v) is 15.7. The van der Waals surface area contributed by atoms with E-state index in [0.717, 1.165) is 5.69 Å². The molecule has 25 heavy (non-hydrogen) atoms. The Labute approximate surface area is 162 Å². The van der Waals surface area contributed by atoms with Crippen LogP contribution in [0.5, 0.6) is 0 Å². The number of carbonyl (C=O) groups is 1. The second-order valence-corrected chi connectivity index (χ2v) is 6.93. The van der Waals surface area contributed by atoms with Gasteiger partial charge in [-0.2, -0.15) is 0 Å². The van der Waals surface area contributed by atoms with Crippen LogP contribution in [0.1, 0.15) is 10.4 Å². The van der Waals surface area contributed by atoms with Crippen LogP contribution < -0.4 is 5.32 Å². The first kappa shape index (κ1) is 18.0. The number of hydrogen-bond donors (Lipinski definition) is 1. The number of nitrogens with one attached hydrogen (secondary N) is 1. The molecule has 2 aromatic carbocycles. The maximum atomic E-state index is 12.6. The lowest BCUT2D eigenvalue weighted by Crippen LogP contribution is -2.51. The van der Waals surface area contributed by atoms with E-state index >= 15 is 0 Å². The van der Waals surface area contributed by atoms with Crippen LogP contribution >= 0.6 is 35.4 Å². The molecular weight excluding hydrogens is 377 g/mol. The van der Waals surface area contributed by atoms with Gasteiger partial charge in [-0.15, -0.1) is 0 Å². The number of benzene rings is 2. The molecular formula is C18H17Cl2N3OS. The van der Waals surface area contributed by atoms with E-state index in [0.29, 0.717) is 46.9 Å². The normalized spacial score (nSPS) is 14.3. The Morgan fingerprint density at radius 2 is 1.52 bits per heavy atom. The van der Waals surface area contributed by atoms with Crippen LogP contribution in [0, 0.1) is 0 Å². The fraction of sp³-hybridized carbons (Fsp3) is 0.222. The molecule has 0 spiro atoms. The van der Waals surface area contributed by atoms with Crippen LogP contribution in [-0.4, -0.2) is 47.0 Å². The summed E-state index contributed by atoms with van der Waals surface area (Å²) in [5.41, 5.74) is 1.43. The van der Waals surface area contributed by atoms with Gasteiger partial charge in [0, 0.05) is 36.9 Å². The van der Waals surface area contributed by atoms with Crippen molar-refractivity contribution in [2.75, 3.05) is 31.5 Å². The minimum absolute atomic E-state index is 0.0400. The fourth-order valence-electron chi connectivity index (χ4n) is 2.65. The van der Waals surface area contributed by atoms with E-state index in [9.17, 15) is 4.79 Å². The molecule has 0 bridgehead atoms. The van der Waals surface area contributed by atoms with Crippen LogP contribution in [0.2, 0.25) is 10.0 Å². The summed E-state index contributed by atoms with van der Waals surface area (Å²) in [6, 6.07) is 14.5. The smallest absolute Gasteiger partial charge is 0.255 e. The molecule has 4 nitrogen and oxygen atoms in total. The number of amides is 1. The summed E-state index contributed by atoms with van der Waals surface area (Å²) in [6.07, 6.45) is 0. The summed E-state index contributed by atoms with van der Waals surface area (Å²) in [7, 11) is 0. The molecule has 1 aliphatic heterocycles. The lowest BCUT2D eigenvalue weighted by Gasteiger charge is -2.36. The van der Waals surface area contributed by atoms with Crippen molar-refractivity contribution in [1.82, 2.24) is 9.80 Å². The van der Waals surface area contributed by atoms with Gasteiger partial charge in [-0.1, -0.05) is 35.3 Å². The van der Waals surface area contributed by atoms with Gasteiger partial charge < -0.3 is 15.1 Å². The predicted octanol–water partition coefficient (Wildman–Crippen LogP) is 4.15. The minimum atomic E-state index is -0.0400. The van der Waals surface area contributed by atoms with Crippen molar-refractivity contribution in [2.45, 2.75) is 0 Å². The van der Waals surface area contributed by atoms with Gasteiger partial charge >= 0.3 is 0 Å². The average molecular weight is 394 g/mol. The lowest BCUT2D eigenvalue weighted by atomic mass is 10.2. The van der Waals surface area contributed by atoms with Crippen molar-refractivity contribution in [3.05, 3.63) is 64.1 Å². The first-order valence-electron chi connectivity index (χ1n) is 7.90. The molecule has 2 aromatic rings. The largest absolute Gasteiger partial charge is 0.345 e. The van der Waals surface area contributed by atoms with Crippen LogP contribution in [0.15, 0.2) is 48.5 Å². The summed E-state index contributed by atoms with van der Waals surface area (Å²) in [5, 5.41) is 5.01. The Morgan fingerprint density at radius 3 is 2.16 bits per heavy atom. The van der Waals surface area contributed by atoms with Gasteiger partial charge in [-0.3, -0.25) is 4.79 Å². The van der Waals surface area contributed by atoms with E-state index in [4.69, 9.17) is 35.4 Å². The molecule has 3 rings (SSSR count). The molecule has 1 aliphatic rings. The molecule has 1 saturated heterocycles. The van der Waals surface area contributed by atoms with E-state index in [1.54, 1.807) is 12.1 Å². The second-order valence-electron chi connectivity index (χ2n) is 5.70. The summed E-state index contributed by atoms with van der Waals surface area (Å²) in [6.45, 7) is 2.56. The van der Waals surface area contributed by atoms with Gasteiger partial charge in [0.25, 0.3) is 5.91 Å². The standard InChI is InChI=1S/C18H17Cl2N3OS/c19-13-5-7-14(8-6-13)21-18(25)23-11-9-22(10-12-23)17(24)15-3-1-2-4-16(15)20/h1-8H,9-12H2,(H,21,25). The molecule has 0 radical (unpaired) electrons. The van der Waals surface area contributed by atoms with Crippen LogP contribution in [-0.2, 0) is 0 Å². The van der Waals surface area contributed by atoms with Gasteiger partial charge in [0.1, 0.15) is 0 Å². The highest BCUT2D eigenvalue weighted by molar-refractivity contribution is 7.80. The van der Waals surface area contributed by atoms with Crippen molar-refractivity contribution in [3.63, 3.8) is 0 Å². The number of anilines is 1. The van der Waals surface area contributed by atoms with Gasteiger partial charge in [-0.05, 0) is 48.6 Å². The minimum Gasteiger partial charge on any atom is -0.345 e. The third-order valence-electron chi connectivity index (χ3n) is 4.05. The number of piperazine rings is 1. The zero-order valence-electron chi connectivity index (χ0n) is 13.4. The maximum absolute atomic E-state index is 12.6. The maximum Gasteiger partial charge on any atom is 0.255 e. The van der Waals surface area contributed by atoms with Gasteiger partial charge in [0.2, 0.25) is 0 Å². The average Bonchev–Trinajstić information content (AvgIpc) is 2.63. The van der Waals surface area contributed by atoms with Gasteiger partial charge in [-0.25, -0.2) is 0 Å². The first-order valence-corrected chi connectivity index (χ1v) is 9.06. The Bertz CT molecular complexity index is 774. The number of halogens is 2. The van der Waals surface area contributed by atoms with Crippen molar-refractivity contribution in [2.24, 2.45) is 0 Å². The van der Waals surface area contributed by atoms with E-state index in [1.165, 1.54) is 0 Å². The van der Waals surface area contributed by atoms with Crippen LogP contribution in [0.4, 0.5) is 5.69 Å². The van der Waals surface area contributed by atoms with E-state index < -0.39 is 0 Å². The summed E-state index contributed by atoms with van der Waals surface area (Å²) < 4.78 is 0. The van der Waals surface area contributed by atoms with Crippen LogP contribution in [0.25, 0.3) is 0 Å². The molecule has 0 aliphatic carbocycles. The van der Waals surface area contributed by atoms with Crippen molar-refractivity contribution < 1.29 is 4.79 Å². The molecule has 0 saturated carbocycles. The van der Waals surface area contributed by atoms with E-state index in [-0.39, 0.29) is 5.91 Å². The molecule has 7 heteroatoms. The second kappa shape index (κ2) is 8.04. The Hall–Kier alpha value is -1.82. The van der Waals surface area contributed by atoms with Gasteiger partial charge in [0.15, 0.2) is 5.11 Å². The summed E-state index contributed by atoms with van der Waals surface area (Å²) in [5.74, 6) is -0.0400. The molecule has 130 valence electrons. The number of hydrogen-bond acceptors (Lipinski definition) is 2. The third kappa shape index (κ3) is 4.42. The Balaban J connectivity index is 1.56. The molecule has 0 unspecified atom stereocenters. The highest BCUT2D eigenvalue weighted by Gasteiger charge is 2.24. The number of thiocarbonyl (C=S) groups is 1. The van der Waals surface area contributed by atoms with Crippen molar-refractivity contribution in [3.8, 4) is 0 Å². The topological polar surface area (TPSA) is 35.6 Å². The molecule has 1 heterocycles. The Morgan fingerprint density at radius 1 is 0.920 bits per heavy atom. The summed E-state index contributed by atoms with van der Waals surface area (Å²) >= 11 is 17.5. The number of carbonyl (C=O) groups excluding carboxylic acids is 1. The molecule has 1 amide bonds. The lowest BCUT2D eigenvalue weighted by molar-refractivity contribution is 0.0693. The fourth-order valence-corrected chi connectivity index (χ4v) is 3.30. The summed E-state index contributed by atoms with van der Waals surface area (Å²) in [4.78, 5) is 16.4. The monoisotopic (exact) mass is 393 g/mol. The predicted molar refractivity (Wildman–Crippen MR) is 107 cm³/mol. The quantitative estimate of drug-likeness (QED) is 0.777. The van der Waals surface area contributed by atoms with E-state index in [2.05, 4.69) is 10.2 Å². The SMILES string of the molecule is O=C(c1ccccc1Cl)N1CCN(C(=S)Nc2ccc(Cl)cc2)CC1. The number of nitrogens with zero attached hydrogens (tertiary/aromatic N) is 2. The zero-order chi connectivity index (χ0) is 17.8. The highest BCUT2D eigenvalue weighted by atomic mass is 35.5.